The maximum Gasteiger partial charge on any atom is 0.339 e. The molecule has 0 radical (unpaired) electrons. The fourth-order valence-corrected chi connectivity index (χ4v) is 1.58. The fraction of sp³-hybridized carbons (Fsp3) is 0.222. The van der Waals surface area contributed by atoms with Crippen LogP contribution in [0.2, 0.25) is 0 Å². The molecule has 14 heavy (non-hydrogen) atoms. The molecule has 0 fully saturated rings. The van der Waals surface area contributed by atoms with Gasteiger partial charge in [0.1, 0.15) is 5.56 Å². The molecule has 5 nitrogen and oxygen atoms in total. The van der Waals surface area contributed by atoms with Gasteiger partial charge in [-0.1, -0.05) is 0 Å². The smallest absolute Gasteiger partial charge is 0.339 e. The van der Waals surface area contributed by atoms with Gasteiger partial charge in [-0.3, -0.25) is 0 Å². The van der Waals surface area contributed by atoms with E-state index in [0.29, 0.717) is 12.2 Å². The fourth-order valence-electron chi connectivity index (χ4n) is 1.58. The molecular formula is C9H9NO4. The Morgan fingerprint density at radius 2 is 2.21 bits per heavy atom. The summed E-state index contributed by atoms with van der Waals surface area (Å²) in [6, 6.07) is 1.55. The minimum Gasteiger partial charge on any atom is -0.505 e. The summed E-state index contributed by atoms with van der Waals surface area (Å²) in [5.74, 6) is -1.56. The lowest BCUT2D eigenvalue weighted by atomic mass is 10.0. The van der Waals surface area contributed by atoms with Gasteiger partial charge in [-0.05, 0) is 11.6 Å². The first-order valence-corrected chi connectivity index (χ1v) is 4.05. The Balaban J connectivity index is 2.72. The molecule has 2 rings (SSSR count). The number of anilines is 1. The van der Waals surface area contributed by atoms with Crippen LogP contribution in [0.1, 0.15) is 21.5 Å². The number of carbonyl (C=O) groups is 1. The highest BCUT2D eigenvalue weighted by Gasteiger charge is 2.24. The second kappa shape index (κ2) is 2.88. The van der Waals surface area contributed by atoms with Crippen molar-refractivity contribution in [2.75, 3.05) is 5.73 Å². The molecule has 0 saturated heterocycles. The third-order valence-corrected chi connectivity index (χ3v) is 2.25. The Bertz CT molecular complexity index is 414. The number of carboxylic acid groups (broad SMARTS) is 1. The Morgan fingerprint density at radius 3 is 2.86 bits per heavy atom. The molecule has 1 aromatic carbocycles. The van der Waals surface area contributed by atoms with Crippen LogP contribution in [0.15, 0.2) is 6.07 Å². The molecular weight excluding hydrogens is 186 g/mol. The number of hydrogen-bond acceptors (Lipinski definition) is 4. The topological polar surface area (TPSA) is 92.8 Å². The molecule has 0 aliphatic carbocycles. The molecule has 0 amide bonds. The zero-order valence-corrected chi connectivity index (χ0v) is 7.28. The van der Waals surface area contributed by atoms with Gasteiger partial charge in [0.15, 0.2) is 5.75 Å². The van der Waals surface area contributed by atoms with Crippen molar-refractivity contribution < 1.29 is 19.7 Å². The second-order valence-electron chi connectivity index (χ2n) is 3.13. The average Bonchev–Trinajstić information content (AvgIpc) is 2.52. The summed E-state index contributed by atoms with van der Waals surface area (Å²) in [5.41, 5.74) is 6.65. The van der Waals surface area contributed by atoms with E-state index < -0.39 is 5.97 Å². The summed E-state index contributed by atoms with van der Waals surface area (Å²) in [4.78, 5) is 10.9. The van der Waals surface area contributed by atoms with E-state index in [1.54, 1.807) is 6.07 Å². The zero-order chi connectivity index (χ0) is 10.3. The Hall–Kier alpha value is -1.75. The van der Waals surface area contributed by atoms with Crippen molar-refractivity contribution in [3.8, 4) is 5.75 Å². The molecule has 1 aliphatic rings. The first-order valence-electron chi connectivity index (χ1n) is 4.05. The van der Waals surface area contributed by atoms with Crippen molar-refractivity contribution in [2.45, 2.75) is 13.2 Å². The van der Waals surface area contributed by atoms with Crippen LogP contribution in [0.4, 0.5) is 5.69 Å². The summed E-state index contributed by atoms with van der Waals surface area (Å²) in [6.07, 6.45) is 0. The van der Waals surface area contributed by atoms with Crippen LogP contribution in [0.25, 0.3) is 0 Å². The zero-order valence-electron chi connectivity index (χ0n) is 7.28. The number of carboxylic acids is 1. The number of aromatic hydroxyl groups is 1. The van der Waals surface area contributed by atoms with Gasteiger partial charge < -0.3 is 20.7 Å². The van der Waals surface area contributed by atoms with Gasteiger partial charge in [-0.2, -0.15) is 0 Å². The van der Waals surface area contributed by atoms with Crippen LogP contribution in [0, 0.1) is 0 Å². The average molecular weight is 195 g/mol. The first kappa shape index (κ1) is 8.83. The molecule has 1 heterocycles. The molecule has 0 unspecified atom stereocenters. The lowest BCUT2D eigenvalue weighted by molar-refractivity contribution is 0.0689. The van der Waals surface area contributed by atoms with E-state index in [1.165, 1.54) is 0 Å². The lowest BCUT2D eigenvalue weighted by Crippen LogP contribution is -2.05. The SMILES string of the molecule is Nc1cc2c(c(C(=O)O)c1O)COC2. The quantitative estimate of drug-likeness (QED) is 0.453. The standard InChI is InChI=1S/C9H9NO4/c10-6-1-4-2-14-3-5(4)7(8(6)11)9(12)13/h1,11H,2-3,10H2,(H,12,13). The van der Waals surface area contributed by atoms with Crippen molar-refractivity contribution in [3.05, 3.63) is 22.8 Å². The summed E-state index contributed by atoms with van der Waals surface area (Å²) in [6.45, 7) is 0.560. The largest absolute Gasteiger partial charge is 0.505 e. The van der Waals surface area contributed by atoms with Crippen LogP contribution in [0.3, 0.4) is 0 Å². The van der Waals surface area contributed by atoms with Gasteiger partial charge in [0.2, 0.25) is 0 Å². The summed E-state index contributed by atoms with van der Waals surface area (Å²) >= 11 is 0. The number of nitrogens with two attached hydrogens (primary N) is 1. The Labute approximate surface area is 79.7 Å². The normalized spacial score (nSPS) is 14.0. The summed E-state index contributed by atoms with van der Waals surface area (Å²) in [7, 11) is 0. The maximum atomic E-state index is 10.9. The van der Waals surface area contributed by atoms with Crippen LogP contribution < -0.4 is 5.73 Å². The third kappa shape index (κ3) is 1.10. The van der Waals surface area contributed by atoms with Gasteiger partial charge in [-0.25, -0.2) is 4.79 Å². The van der Waals surface area contributed by atoms with E-state index in [9.17, 15) is 9.90 Å². The third-order valence-electron chi connectivity index (χ3n) is 2.25. The summed E-state index contributed by atoms with van der Waals surface area (Å²) in [5, 5.41) is 18.4. The molecule has 0 saturated carbocycles. The monoisotopic (exact) mass is 195 g/mol. The van der Waals surface area contributed by atoms with Crippen molar-refractivity contribution in [1.29, 1.82) is 0 Å². The number of nitrogen functional groups attached to an aromatic ring is 1. The minimum absolute atomic E-state index is 0.0756. The van der Waals surface area contributed by atoms with Crippen molar-refractivity contribution in [3.63, 3.8) is 0 Å². The number of fused-ring (bicyclic) bond motifs is 1. The molecule has 0 aromatic heterocycles. The highest BCUT2D eigenvalue weighted by molar-refractivity contribution is 5.95. The number of rotatable bonds is 1. The molecule has 4 N–H and O–H groups in total. The highest BCUT2D eigenvalue weighted by atomic mass is 16.5. The summed E-state index contributed by atoms with van der Waals surface area (Å²) < 4.78 is 5.09. The van der Waals surface area contributed by atoms with Crippen LogP contribution in [-0.4, -0.2) is 16.2 Å². The predicted molar refractivity (Wildman–Crippen MR) is 48.0 cm³/mol. The van der Waals surface area contributed by atoms with Crippen LogP contribution in [0.5, 0.6) is 5.75 Å². The minimum atomic E-state index is -1.18. The van der Waals surface area contributed by atoms with Crippen LogP contribution in [-0.2, 0) is 18.0 Å². The van der Waals surface area contributed by atoms with Gasteiger partial charge in [0.25, 0.3) is 0 Å². The van der Waals surface area contributed by atoms with E-state index >= 15 is 0 Å². The molecule has 0 spiro atoms. The van der Waals surface area contributed by atoms with E-state index in [0.717, 1.165) is 5.56 Å². The molecule has 1 aliphatic heterocycles. The lowest BCUT2D eigenvalue weighted by Gasteiger charge is -2.07. The van der Waals surface area contributed by atoms with E-state index in [1.807, 2.05) is 0 Å². The van der Waals surface area contributed by atoms with Crippen molar-refractivity contribution in [1.82, 2.24) is 0 Å². The highest BCUT2D eigenvalue weighted by Crippen LogP contribution is 2.34. The molecule has 0 bridgehead atoms. The molecule has 1 aromatic rings. The predicted octanol–water partition coefficient (Wildman–Crippen LogP) is 0.703. The van der Waals surface area contributed by atoms with Gasteiger partial charge in [-0.15, -0.1) is 0 Å². The van der Waals surface area contributed by atoms with Crippen molar-refractivity contribution >= 4 is 11.7 Å². The number of hydrogen-bond donors (Lipinski definition) is 3. The van der Waals surface area contributed by atoms with E-state index in [4.69, 9.17) is 15.6 Å². The van der Waals surface area contributed by atoms with Gasteiger partial charge in [0.05, 0.1) is 18.9 Å². The van der Waals surface area contributed by atoms with Crippen LogP contribution >= 0.6 is 0 Å². The van der Waals surface area contributed by atoms with Gasteiger partial charge >= 0.3 is 5.97 Å². The number of benzene rings is 1. The number of aromatic carboxylic acids is 1. The maximum absolute atomic E-state index is 10.9. The Morgan fingerprint density at radius 1 is 1.50 bits per heavy atom. The Kier molecular flexibility index (Phi) is 1.82. The number of phenols is 1. The van der Waals surface area contributed by atoms with E-state index in [-0.39, 0.29) is 23.6 Å². The molecule has 0 atom stereocenters. The van der Waals surface area contributed by atoms with E-state index in [2.05, 4.69) is 0 Å². The molecule has 5 heteroatoms. The van der Waals surface area contributed by atoms with Gasteiger partial charge in [0, 0.05) is 5.56 Å². The molecule has 74 valence electrons. The first-order chi connectivity index (χ1) is 6.61. The number of ether oxygens (including phenoxy) is 1. The van der Waals surface area contributed by atoms with Crippen molar-refractivity contribution in [2.24, 2.45) is 0 Å². The second-order valence-corrected chi connectivity index (χ2v) is 3.13.